The second-order valence-corrected chi connectivity index (χ2v) is 5.06. The van der Waals surface area contributed by atoms with Gasteiger partial charge in [0.05, 0.1) is 12.4 Å². The Balaban J connectivity index is 1.83. The minimum atomic E-state index is 0.0737. The van der Waals surface area contributed by atoms with Crippen molar-refractivity contribution in [3.63, 3.8) is 0 Å². The number of nitrogens with zero attached hydrogens (tertiary/aromatic N) is 3. The van der Waals surface area contributed by atoms with Gasteiger partial charge < -0.3 is 4.74 Å². The van der Waals surface area contributed by atoms with Crippen LogP contribution in [0.2, 0.25) is 5.15 Å². The Kier molecular flexibility index (Phi) is 4.55. The third kappa shape index (κ3) is 3.96. The molecular formula is C13H18ClN3O. The standard InChI is InChI=1S/C13H18ClN3O/c1-10-3-5-17(6-4-10)9-11(2)18-13-8-15-7-12(14)16-13/h3,7-8,11H,4-6,9H2,1-2H3. The zero-order valence-electron chi connectivity index (χ0n) is 10.8. The highest BCUT2D eigenvalue weighted by Crippen LogP contribution is 2.13. The first-order chi connectivity index (χ1) is 8.63. The molecule has 18 heavy (non-hydrogen) atoms. The predicted molar refractivity (Wildman–Crippen MR) is 71.9 cm³/mol. The van der Waals surface area contributed by atoms with E-state index in [0.29, 0.717) is 11.0 Å². The first-order valence-corrected chi connectivity index (χ1v) is 6.53. The molecule has 0 spiro atoms. The molecule has 0 N–H and O–H groups in total. The van der Waals surface area contributed by atoms with Crippen molar-refractivity contribution < 1.29 is 4.74 Å². The molecule has 2 heterocycles. The average molecular weight is 268 g/mol. The van der Waals surface area contributed by atoms with Crippen LogP contribution < -0.4 is 4.74 Å². The summed E-state index contributed by atoms with van der Waals surface area (Å²) >= 11 is 5.76. The molecule has 98 valence electrons. The van der Waals surface area contributed by atoms with Gasteiger partial charge in [0.15, 0.2) is 5.15 Å². The molecule has 0 fully saturated rings. The number of halogens is 1. The van der Waals surface area contributed by atoms with Crippen molar-refractivity contribution >= 4 is 11.6 Å². The van der Waals surface area contributed by atoms with Crippen molar-refractivity contribution in [3.8, 4) is 5.88 Å². The summed E-state index contributed by atoms with van der Waals surface area (Å²) in [6.07, 6.45) is 6.57. The number of aromatic nitrogens is 2. The van der Waals surface area contributed by atoms with Crippen LogP contribution in [0.15, 0.2) is 24.0 Å². The van der Waals surface area contributed by atoms with E-state index in [2.05, 4.69) is 27.9 Å². The quantitative estimate of drug-likeness (QED) is 0.786. The van der Waals surface area contributed by atoms with E-state index in [1.807, 2.05) is 6.92 Å². The molecule has 1 aromatic rings. The van der Waals surface area contributed by atoms with E-state index >= 15 is 0 Å². The van der Waals surface area contributed by atoms with Crippen molar-refractivity contribution in [3.05, 3.63) is 29.2 Å². The first kappa shape index (κ1) is 13.3. The van der Waals surface area contributed by atoms with E-state index in [4.69, 9.17) is 16.3 Å². The van der Waals surface area contributed by atoms with Gasteiger partial charge in [0.1, 0.15) is 6.10 Å². The lowest BCUT2D eigenvalue weighted by molar-refractivity contribution is 0.146. The normalized spacial score (nSPS) is 18.3. The topological polar surface area (TPSA) is 38.2 Å². The summed E-state index contributed by atoms with van der Waals surface area (Å²) < 4.78 is 5.70. The second-order valence-electron chi connectivity index (χ2n) is 4.67. The highest BCUT2D eigenvalue weighted by molar-refractivity contribution is 6.29. The molecule has 2 rings (SSSR count). The largest absolute Gasteiger partial charge is 0.472 e. The minimum Gasteiger partial charge on any atom is -0.472 e. The van der Waals surface area contributed by atoms with Gasteiger partial charge in [-0.2, -0.15) is 4.98 Å². The Morgan fingerprint density at radius 2 is 2.33 bits per heavy atom. The molecule has 0 amide bonds. The van der Waals surface area contributed by atoms with Crippen LogP contribution in [0.25, 0.3) is 0 Å². The molecule has 4 nitrogen and oxygen atoms in total. The highest BCUT2D eigenvalue weighted by Gasteiger charge is 2.14. The van der Waals surface area contributed by atoms with E-state index in [9.17, 15) is 0 Å². The number of rotatable bonds is 4. The van der Waals surface area contributed by atoms with Crippen LogP contribution in [-0.2, 0) is 0 Å². The molecule has 1 unspecified atom stereocenters. The zero-order valence-corrected chi connectivity index (χ0v) is 11.5. The van der Waals surface area contributed by atoms with Gasteiger partial charge in [-0.15, -0.1) is 0 Å². The molecule has 0 aromatic carbocycles. The van der Waals surface area contributed by atoms with E-state index in [1.165, 1.54) is 11.8 Å². The summed E-state index contributed by atoms with van der Waals surface area (Å²) in [7, 11) is 0. The molecule has 0 saturated carbocycles. The van der Waals surface area contributed by atoms with Gasteiger partial charge in [-0.25, -0.2) is 0 Å². The summed E-state index contributed by atoms with van der Waals surface area (Å²) in [6, 6.07) is 0. The third-order valence-corrected chi connectivity index (χ3v) is 3.12. The van der Waals surface area contributed by atoms with Crippen molar-refractivity contribution in [1.82, 2.24) is 14.9 Å². The molecule has 0 aliphatic carbocycles. The fourth-order valence-corrected chi connectivity index (χ4v) is 2.11. The predicted octanol–water partition coefficient (Wildman–Crippen LogP) is 2.55. The van der Waals surface area contributed by atoms with Crippen molar-refractivity contribution in [1.29, 1.82) is 0 Å². The fraction of sp³-hybridized carbons (Fsp3) is 0.538. The lowest BCUT2D eigenvalue weighted by Crippen LogP contribution is -2.36. The average Bonchev–Trinajstić information content (AvgIpc) is 2.32. The van der Waals surface area contributed by atoms with E-state index in [1.54, 1.807) is 6.20 Å². The summed E-state index contributed by atoms with van der Waals surface area (Å²) in [4.78, 5) is 10.4. The van der Waals surface area contributed by atoms with Gasteiger partial charge in [0, 0.05) is 19.6 Å². The van der Waals surface area contributed by atoms with Gasteiger partial charge >= 0.3 is 0 Å². The van der Waals surface area contributed by atoms with E-state index in [-0.39, 0.29) is 6.10 Å². The van der Waals surface area contributed by atoms with Gasteiger partial charge in [0.2, 0.25) is 5.88 Å². The lowest BCUT2D eigenvalue weighted by Gasteiger charge is -2.27. The summed E-state index contributed by atoms with van der Waals surface area (Å²) in [5.41, 5.74) is 1.47. The Labute approximate surface area is 113 Å². The Morgan fingerprint density at radius 1 is 1.50 bits per heavy atom. The maximum Gasteiger partial charge on any atom is 0.234 e. The minimum absolute atomic E-state index is 0.0737. The highest BCUT2D eigenvalue weighted by atomic mass is 35.5. The van der Waals surface area contributed by atoms with Crippen LogP contribution in [0.3, 0.4) is 0 Å². The number of hydrogen-bond donors (Lipinski definition) is 0. The first-order valence-electron chi connectivity index (χ1n) is 6.15. The molecular weight excluding hydrogens is 250 g/mol. The van der Waals surface area contributed by atoms with Crippen LogP contribution in [0.1, 0.15) is 20.3 Å². The van der Waals surface area contributed by atoms with E-state index in [0.717, 1.165) is 26.1 Å². The van der Waals surface area contributed by atoms with Crippen LogP contribution in [0, 0.1) is 0 Å². The molecule has 1 aromatic heterocycles. The SMILES string of the molecule is CC1=CCN(CC(C)Oc2cncc(Cl)n2)CC1. The van der Waals surface area contributed by atoms with Crippen LogP contribution in [0.4, 0.5) is 0 Å². The van der Waals surface area contributed by atoms with Crippen LogP contribution in [-0.4, -0.2) is 40.6 Å². The van der Waals surface area contributed by atoms with Gasteiger partial charge in [-0.3, -0.25) is 9.88 Å². The molecule has 5 heteroatoms. The van der Waals surface area contributed by atoms with Crippen LogP contribution >= 0.6 is 11.6 Å². The number of ether oxygens (including phenoxy) is 1. The second kappa shape index (κ2) is 6.16. The zero-order chi connectivity index (χ0) is 13.0. The third-order valence-electron chi connectivity index (χ3n) is 2.94. The summed E-state index contributed by atoms with van der Waals surface area (Å²) in [6.45, 7) is 7.20. The maximum absolute atomic E-state index is 5.76. The van der Waals surface area contributed by atoms with Gasteiger partial charge in [0.25, 0.3) is 0 Å². The van der Waals surface area contributed by atoms with Gasteiger partial charge in [-0.1, -0.05) is 23.3 Å². The lowest BCUT2D eigenvalue weighted by atomic mass is 10.1. The Morgan fingerprint density at radius 3 is 3.00 bits per heavy atom. The van der Waals surface area contributed by atoms with Crippen molar-refractivity contribution in [2.24, 2.45) is 0 Å². The number of hydrogen-bond acceptors (Lipinski definition) is 4. The van der Waals surface area contributed by atoms with E-state index < -0.39 is 0 Å². The molecule has 1 aliphatic heterocycles. The Bertz CT molecular complexity index is 436. The molecule has 1 atom stereocenters. The summed E-state index contributed by atoms with van der Waals surface area (Å²) in [5.74, 6) is 0.485. The molecule has 0 radical (unpaired) electrons. The van der Waals surface area contributed by atoms with Gasteiger partial charge in [-0.05, 0) is 20.3 Å². The molecule has 1 aliphatic rings. The molecule has 0 bridgehead atoms. The summed E-state index contributed by atoms with van der Waals surface area (Å²) in [5, 5.41) is 0.358. The fourth-order valence-electron chi connectivity index (χ4n) is 1.97. The maximum atomic E-state index is 5.76. The smallest absolute Gasteiger partial charge is 0.234 e. The van der Waals surface area contributed by atoms with Crippen LogP contribution in [0.5, 0.6) is 5.88 Å². The monoisotopic (exact) mass is 267 g/mol. The van der Waals surface area contributed by atoms with Crippen molar-refractivity contribution in [2.45, 2.75) is 26.4 Å². The Hall–Kier alpha value is -1.13. The van der Waals surface area contributed by atoms with Crippen molar-refractivity contribution in [2.75, 3.05) is 19.6 Å². The molecule has 0 saturated heterocycles.